The summed E-state index contributed by atoms with van der Waals surface area (Å²) < 4.78 is 24.4. The summed E-state index contributed by atoms with van der Waals surface area (Å²) in [6.07, 6.45) is -2.43. The van der Waals surface area contributed by atoms with Crippen molar-refractivity contribution >= 4 is 5.91 Å². The summed E-state index contributed by atoms with van der Waals surface area (Å²) in [5, 5.41) is 17.5. The van der Waals surface area contributed by atoms with E-state index in [1.807, 2.05) is 6.07 Å². The van der Waals surface area contributed by atoms with E-state index in [1.54, 1.807) is 6.92 Å². The average Bonchev–Trinajstić information content (AvgIpc) is 2.26. The zero-order chi connectivity index (χ0) is 12.8. The smallest absolute Gasteiger partial charge is 0.255 e. The third-order valence-electron chi connectivity index (χ3n) is 2.44. The van der Waals surface area contributed by atoms with Crippen LogP contribution < -0.4 is 0 Å². The summed E-state index contributed by atoms with van der Waals surface area (Å²) in [4.78, 5) is 12.6. The standard InChI is InChI=1S/C10H16F2N2O2/c1-3-10(2,7-13)9(16)14(4-5-15)6-8(11)12/h8,15H,3-6H2,1-2H3. The van der Waals surface area contributed by atoms with E-state index in [0.29, 0.717) is 0 Å². The van der Waals surface area contributed by atoms with E-state index >= 15 is 0 Å². The van der Waals surface area contributed by atoms with Gasteiger partial charge in [0, 0.05) is 6.54 Å². The van der Waals surface area contributed by atoms with Crippen LogP contribution in [0.1, 0.15) is 20.3 Å². The summed E-state index contributed by atoms with van der Waals surface area (Å²) in [7, 11) is 0. The molecule has 92 valence electrons. The van der Waals surface area contributed by atoms with Crippen LogP contribution in [0.4, 0.5) is 8.78 Å². The predicted molar refractivity (Wildman–Crippen MR) is 53.7 cm³/mol. The van der Waals surface area contributed by atoms with Crippen molar-refractivity contribution in [3.05, 3.63) is 0 Å². The molecule has 0 saturated carbocycles. The first kappa shape index (κ1) is 14.8. The van der Waals surface area contributed by atoms with Gasteiger partial charge in [-0.15, -0.1) is 0 Å². The molecule has 1 unspecified atom stereocenters. The van der Waals surface area contributed by atoms with Crippen molar-refractivity contribution in [2.45, 2.75) is 26.7 Å². The van der Waals surface area contributed by atoms with Crippen molar-refractivity contribution in [2.24, 2.45) is 5.41 Å². The van der Waals surface area contributed by atoms with Crippen molar-refractivity contribution in [1.29, 1.82) is 5.26 Å². The number of nitriles is 1. The topological polar surface area (TPSA) is 64.3 Å². The van der Waals surface area contributed by atoms with Gasteiger partial charge in [-0.1, -0.05) is 6.92 Å². The third kappa shape index (κ3) is 3.74. The number of aliphatic hydroxyl groups is 1. The number of nitrogens with zero attached hydrogens (tertiary/aromatic N) is 2. The fourth-order valence-electron chi connectivity index (χ4n) is 1.19. The molecular weight excluding hydrogens is 218 g/mol. The van der Waals surface area contributed by atoms with Crippen LogP contribution in [0.25, 0.3) is 0 Å². The van der Waals surface area contributed by atoms with E-state index in [4.69, 9.17) is 10.4 Å². The lowest BCUT2D eigenvalue weighted by Gasteiger charge is -2.28. The molecule has 4 nitrogen and oxygen atoms in total. The molecule has 0 bridgehead atoms. The predicted octanol–water partition coefficient (Wildman–Crippen LogP) is 1.01. The highest BCUT2D eigenvalue weighted by molar-refractivity contribution is 5.85. The number of halogens is 2. The molecule has 0 rings (SSSR count). The van der Waals surface area contributed by atoms with Crippen LogP contribution in [-0.2, 0) is 4.79 Å². The lowest BCUT2D eigenvalue weighted by atomic mass is 9.87. The number of aliphatic hydroxyl groups excluding tert-OH is 1. The van der Waals surface area contributed by atoms with Gasteiger partial charge in [0.15, 0.2) is 0 Å². The monoisotopic (exact) mass is 234 g/mol. The molecule has 6 heteroatoms. The van der Waals surface area contributed by atoms with Gasteiger partial charge in [-0.05, 0) is 13.3 Å². The minimum atomic E-state index is -2.67. The molecule has 0 saturated heterocycles. The normalized spacial score (nSPS) is 14.3. The molecule has 0 heterocycles. The average molecular weight is 234 g/mol. The van der Waals surface area contributed by atoms with Gasteiger partial charge in [0.2, 0.25) is 5.91 Å². The maximum Gasteiger partial charge on any atom is 0.255 e. The van der Waals surface area contributed by atoms with Gasteiger partial charge in [-0.2, -0.15) is 5.26 Å². The zero-order valence-electron chi connectivity index (χ0n) is 9.41. The highest BCUT2D eigenvalue weighted by atomic mass is 19.3. The molecule has 0 aromatic carbocycles. The second kappa shape index (κ2) is 6.38. The number of alkyl halides is 2. The molecule has 0 aromatic rings. The van der Waals surface area contributed by atoms with Crippen molar-refractivity contribution in [1.82, 2.24) is 4.90 Å². The molecule has 1 N–H and O–H groups in total. The molecule has 0 aromatic heterocycles. The summed E-state index contributed by atoms with van der Waals surface area (Å²) in [6.45, 7) is 1.71. The lowest BCUT2D eigenvalue weighted by molar-refractivity contribution is -0.141. The number of hydrogen-bond acceptors (Lipinski definition) is 3. The Kier molecular flexibility index (Phi) is 5.89. The van der Waals surface area contributed by atoms with Crippen molar-refractivity contribution in [2.75, 3.05) is 19.7 Å². The van der Waals surface area contributed by atoms with Gasteiger partial charge < -0.3 is 10.0 Å². The largest absolute Gasteiger partial charge is 0.395 e. The van der Waals surface area contributed by atoms with Gasteiger partial charge in [-0.25, -0.2) is 8.78 Å². The zero-order valence-corrected chi connectivity index (χ0v) is 9.41. The Morgan fingerprint density at radius 2 is 2.19 bits per heavy atom. The molecule has 0 radical (unpaired) electrons. The minimum Gasteiger partial charge on any atom is -0.395 e. The highest BCUT2D eigenvalue weighted by Gasteiger charge is 2.35. The van der Waals surface area contributed by atoms with E-state index in [0.717, 1.165) is 4.90 Å². The van der Waals surface area contributed by atoms with Gasteiger partial charge in [0.05, 0.1) is 19.2 Å². The Balaban J connectivity index is 4.79. The fraction of sp³-hybridized carbons (Fsp3) is 0.800. The highest BCUT2D eigenvalue weighted by Crippen LogP contribution is 2.23. The van der Waals surface area contributed by atoms with Gasteiger partial charge >= 0.3 is 0 Å². The lowest BCUT2D eigenvalue weighted by Crippen LogP contribution is -2.45. The molecule has 0 spiro atoms. The maximum absolute atomic E-state index is 12.2. The number of hydrogen-bond donors (Lipinski definition) is 1. The first-order valence-corrected chi connectivity index (χ1v) is 5.01. The molecule has 1 amide bonds. The van der Waals surface area contributed by atoms with E-state index in [2.05, 4.69) is 0 Å². The first-order valence-electron chi connectivity index (χ1n) is 5.01. The van der Waals surface area contributed by atoms with Crippen LogP contribution in [0.2, 0.25) is 0 Å². The number of rotatable bonds is 6. The Labute approximate surface area is 93.5 Å². The summed E-state index contributed by atoms with van der Waals surface area (Å²) in [6, 6.07) is 1.82. The molecular formula is C10H16F2N2O2. The van der Waals surface area contributed by atoms with Crippen molar-refractivity contribution in [3.8, 4) is 6.07 Å². The van der Waals surface area contributed by atoms with Crippen LogP contribution in [0.3, 0.4) is 0 Å². The summed E-state index contributed by atoms with van der Waals surface area (Å²) in [5.74, 6) is -0.660. The second-order valence-electron chi connectivity index (χ2n) is 3.66. The first-order chi connectivity index (χ1) is 7.41. The molecule has 1 atom stereocenters. The van der Waals surface area contributed by atoms with E-state index in [9.17, 15) is 13.6 Å². The maximum atomic E-state index is 12.2. The van der Waals surface area contributed by atoms with Gasteiger partial charge in [0.25, 0.3) is 6.43 Å². The number of amides is 1. The Morgan fingerprint density at radius 1 is 1.62 bits per heavy atom. The van der Waals surface area contributed by atoms with Crippen LogP contribution in [0.5, 0.6) is 0 Å². The molecule has 0 aliphatic carbocycles. The van der Waals surface area contributed by atoms with Gasteiger partial charge in [-0.3, -0.25) is 4.79 Å². The van der Waals surface area contributed by atoms with Crippen LogP contribution >= 0.6 is 0 Å². The molecule has 0 aliphatic rings. The SMILES string of the molecule is CCC(C)(C#N)C(=O)N(CCO)CC(F)F. The third-order valence-corrected chi connectivity index (χ3v) is 2.44. The van der Waals surface area contributed by atoms with Crippen LogP contribution in [0, 0.1) is 16.7 Å². The van der Waals surface area contributed by atoms with Gasteiger partial charge in [0.1, 0.15) is 5.41 Å². The Morgan fingerprint density at radius 3 is 2.50 bits per heavy atom. The van der Waals surface area contributed by atoms with Crippen molar-refractivity contribution in [3.63, 3.8) is 0 Å². The summed E-state index contributed by atoms with van der Waals surface area (Å²) >= 11 is 0. The molecule has 0 fully saturated rings. The molecule has 0 aliphatic heterocycles. The number of carbonyl (C=O) groups excluding carboxylic acids is 1. The number of carbonyl (C=O) groups is 1. The fourth-order valence-corrected chi connectivity index (χ4v) is 1.19. The minimum absolute atomic E-state index is 0.180. The summed E-state index contributed by atoms with van der Waals surface area (Å²) in [5.41, 5.74) is -1.30. The van der Waals surface area contributed by atoms with Crippen LogP contribution in [-0.4, -0.2) is 42.0 Å². The van der Waals surface area contributed by atoms with E-state index < -0.39 is 30.9 Å². The molecule has 16 heavy (non-hydrogen) atoms. The van der Waals surface area contributed by atoms with E-state index in [-0.39, 0.29) is 13.0 Å². The van der Waals surface area contributed by atoms with E-state index in [1.165, 1.54) is 6.92 Å². The second-order valence-corrected chi connectivity index (χ2v) is 3.66. The van der Waals surface area contributed by atoms with Crippen molar-refractivity contribution < 1.29 is 18.7 Å². The van der Waals surface area contributed by atoms with Crippen LogP contribution in [0.15, 0.2) is 0 Å². The Hall–Kier alpha value is -1.22. The quantitative estimate of drug-likeness (QED) is 0.746. The Bertz CT molecular complexity index is 278.